The molecule has 1 amide bonds. The smallest absolute Gasteiger partial charge is 0.408 e. The number of nitrogens with two attached hydrogens (primary N) is 1. The van der Waals surface area contributed by atoms with E-state index >= 15 is 0 Å². The van der Waals surface area contributed by atoms with Gasteiger partial charge in [0.1, 0.15) is 5.60 Å². The summed E-state index contributed by atoms with van der Waals surface area (Å²) in [5.41, 5.74) is 6.70. The molecule has 1 aromatic rings. The lowest BCUT2D eigenvalue weighted by Crippen LogP contribution is -2.52. The van der Waals surface area contributed by atoms with Crippen molar-refractivity contribution < 1.29 is 9.53 Å². The third-order valence-corrected chi connectivity index (χ3v) is 3.55. The van der Waals surface area contributed by atoms with Crippen LogP contribution >= 0.6 is 0 Å². The van der Waals surface area contributed by atoms with Gasteiger partial charge in [-0.05, 0) is 45.6 Å². The van der Waals surface area contributed by atoms with Crippen molar-refractivity contribution in [2.45, 2.75) is 57.2 Å². The van der Waals surface area contributed by atoms with Gasteiger partial charge in [0.15, 0.2) is 0 Å². The van der Waals surface area contributed by atoms with Gasteiger partial charge in [-0.2, -0.15) is 0 Å². The van der Waals surface area contributed by atoms with Gasteiger partial charge in [-0.3, -0.25) is 0 Å². The van der Waals surface area contributed by atoms with Crippen LogP contribution in [0.5, 0.6) is 0 Å². The average Bonchev–Trinajstić information content (AvgIpc) is 3.08. The number of carbonyl (C=O) groups is 1. The molecule has 1 aliphatic carbocycles. The van der Waals surface area contributed by atoms with E-state index < -0.39 is 5.60 Å². The Hall–Kier alpha value is -1.55. The first-order valence-corrected chi connectivity index (χ1v) is 7.11. The van der Waals surface area contributed by atoms with Crippen LogP contribution in [0, 0.1) is 0 Å². The van der Waals surface area contributed by atoms with Crippen molar-refractivity contribution in [3.05, 3.63) is 35.9 Å². The second-order valence-electron chi connectivity index (χ2n) is 6.58. The molecule has 2 rings (SSSR count). The van der Waals surface area contributed by atoms with E-state index in [-0.39, 0.29) is 17.7 Å². The fourth-order valence-electron chi connectivity index (χ4n) is 2.29. The molecule has 1 aliphatic rings. The van der Waals surface area contributed by atoms with Gasteiger partial charge in [-0.1, -0.05) is 30.3 Å². The fraction of sp³-hybridized carbons (Fsp3) is 0.562. The summed E-state index contributed by atoms with van der Waals surface area (Å²) in [5, 5.41) is 2.96. The van der Waals surface area contributed by atoms with Crippen molar-refractivity contribution in [1.29, 1.82) is 0 Å². The summed E-state index contributed by atoms with van der Waals surface area (Å²) in [7, 11) is 0. The molecule has 20 heavy (non-hydrogen) atoms. The molecule has 4 heteroatoms. The lowest BCUT2D eigenvalue weighted by Gasteiger charge is -2.27. The Morgan fingerprint density at radius 3 is 2.45 bits per heavy atom. The zero-order valence-electron chi connectivity index (χ0n) is 12.5. The zero-order valence-corrected chi connectivity index (χ0v) is 12.5. The summed E-state index contributed by atoms with van der Waals surface area (Å²) >= 11 is 0. The zero-order chi connectivity index (χ0) is 14.8. The number of rotatable bonds is 4. The molecule has 4 nitrogen and oxygen atoms in total. The van der Waals surface area contributed by atoms with Crippen LogP contribution in [0.4, 0.5) is 4.79 Å². The molecule has 1 aromatic carbocycles. The first-order valence-electron chi connectivity index (χ1n) is 7.11. The number of ether oxygens (including phenoxy) is 1. The molecular formula is C16H24N2O2. The van der Waals surface area contributed by atoms with Gasteiger partial charge in [0.05, 0.1) is 5.54 Å². The molecule has 110 valence electrons. The Morgan fingerprint density at radius 2 is 1.95 bits per heavy atom. The highest BCUT2D eigenvalue weighted by molar-refractivity contribution is 5.69. The Morgan fingerprint density at radius 1 is 1.35 bits per heavy atom. The van der Waals surface area contributed by atoms with Crippen molar-refractivity contribution in [2.24, 2.45) is 5.73 Å². The summed E-state index contributed by atoms with van der Waals surface area (Å²) in [6, 6.07) is 10.0. The number of carbonyl (C=O) groups excluding carboxylic acids is 1. The molecule has 0 spiro atoms. The maximum Gasteiger partial charge on any atom is 0.408 e. The Balaban J connectivity index is 1.92. The van der Waals surface area contributed by atoms with E-state index in [0.29, 0.717) is 0 Å². The van der Waals surface area contributed by atoms with Crippen LogP contribution in [0.2, 0.25) is 0 Å². The molecular weight excluding hydrogens is 252 g/mol. The number of hydrogen-bond donors (Lipinski definition) is 2. The maximum atomic E-state index is 11.9. The first kappa shape index (κ1) is 14.9. The van der Waals surface area contributed by atoms with Crippen LogP contribution in [0.1, 0.15) is 39.2 Å². The largest absolute Gasteiger partial charge is 0.444 e. The van der Waals surface area contributed by atoms with Crippen molar-refractivity contribution in [3.8, 4) is 0 Å². The second-order valence-corrected chi connectivity index (χ2v) is 6.58. The van der Waals surface area contributed by atoms with E-state index in [1.807, 2.05) is 39.0 Å². The quantitative estimate of drug-likeness (QED) is 0.888. The third-order valence-electron chi connectivity index (χ3n) is 3.55. The van der Waals surface area contributed by atoms with E-state index in [0.717, 1.165) is 19.3 Å². The fourth-order valence-corrected chi connectivity index (χ4v) is 2.29. The molecule has 0 heterocycles. The minimum atomic E-state index is -0.482. The summed E-state index contributed by atoms with van der Waals surface area (Å²) in [6.07, 6.45) is 2.22. The highest BCUT2D eigenvalue weighted by Gasteiger charge is 2.49. The highest BCUT2D eigenvalue weighted by Crippen LogP contribution is 2.39. The van der Waals surface area contributed by atoms with Crippen molar-refractivity contribution in [1.82, 2.24) is 5.32 Å². The van der Waals surface area contributed by atoms with Gasteiger partial charge >= 0.3 is 6.09 Å². The molecule has 0 aliphatic heterocycles. The third kappa shape index (κ3) is 3.97. The van der Waals surface area contributed by atoms with Crippen LogP contribution in [0.15, 0.2) is 30.3 Å². The molecule has 0 bridgehead atoms. The Labute approximate surface area is 120 Å². The monoisotopic (exact) mass is 276 g/mol. The predicted octanol–water partition coefficient (Wildman–Crippen LogP) is 2.61. The van der Waals surface area contributed by atoms with Crippen LogP contribution < -0.4 is 11.1 Å². The maximum absolute atomic E-state index is 11.9. The standard InChI is InChI=1S/C16H24N2O2/c1-15(2,3)20-14(19)18-16(9-10-16)13(17)11-12-7-5-4-6-8-12/h4-8,13H,9-11,17H2,1-3H3,(H,18,19). The average molecular weight is 276 g/mol. The lowest BCUT2D eigenvalue weighted by atomic mass is 9.98. The van der Waals surface area contributed by atoms with Gasteiger partial charge in [-0.25, -0.2) is 4.79 Å². The van der Waals surface area contributed by atoms with E-state index in [1.165, 1.54) is 5.56 Å². The molecule has 3 N–H and O–H groups in total. The molecule has 0 aromatic heterocycles. The van der Waals surface area contributed by atoms with Gasteiger partial charge < -0.3 is 15.8 Å². The lowest BCUT2D eigenvalue weighted by molar-refractivity contribution is 0.0487. The highest BCUT2D eigenvalue weighted by atomic mass is 16.6. The molecule has 1 fully saturated rings. The number of nitrogens with one attached hydrogen (secondary N) is 1. The number of alkyl carbamates (subject to hydrolysis) is 1. The minimum Gasteiger partial charge on any atom is -0.444 e. The number of benzene rings is 1. The first-order chi connectivity index (χ1) is 9.31. The molecule has 1 atom stereocenters. The number of amides is 1. The van der Waals surface area contributed by atoms with E-state index in [4.69, 9.17) is 10.5 Å². The molecule has 0 radical (unpaired) electrons. The van der Waals surface area contributed by atoms with Gasteiger partial charge in [-0.15, -0.1) is 0 Å². The van der Waals surface area contributed by atoms with Crippen LogP contribution in [0.25, 0.3) is 0 Å². The van der Waals surface area contributed by atoms with Gasteiger partial charge in [0, 0.05) is 6.04 Å². The summed E-state index contributed by atoms with van der Waals surface area (Å²) in [6.45, 7) is 5.57. The predicted molar refractivity (Wildman–Crippen MR) is 79.5 cm³/mol. The second kappa shape index (κ2) is 5.44. The van der Waals surface area contributed by atoms with Crippen LogP contribution in [-0.4, -0.2) is 23.3 Å². The molecule has 0 saturated heterocycles. The van der Waals surface area contributed by atoms with E-state index in [9.17, 15) is 4.79 Å². The van der Waals surface area contributed by atoms with Gasteiger partial charge in [0.25, 0.3) is 0 Å². The van der Waals surface area contributed by atoms with Crippen molar-refractivity contribution in [2.75, 3.05) is 0 Å². The molecule has 1 saturated carbocycles. The summed E-state index contributed by atoms with van der Waals surface area (Å²) in [4.78, 5) is 11.9. The van der Waals surface area contributed by atoms with Crippen LogP contribution in [0.3, 0.4) is 0 Å². The number of hydrogen-bond acceptors (Lipinski definition) is 3. The summed E-state index contributed by atoms with van der Waals surface area (Å²) in [5.74, 6) is 0. The van der Waals surface area contributed by atoms with Crippen LogP contribution in [-0.2, 0) is 11.2 Å². The Bertz CT molecular complexity index is 461. The Kier molecular flexibility index (Phi) is 4.04. The van der Waals surface area contributed by atoms with Crippen molar-refractivity contribution in [3.63, 3.8) is 0 Å². The topological polar surface area (TPSA) is 64.3 Å². The molecule has 1 unspecified atom stereocenters. The minimum absolute atomic E-state index is 0.0857. The SMILES string of the molecule is CC(C)(C)OC(=O)NC1(C(N)Cc2ccccc2)CC1. The normalized spacial score (nSPS) is 18.2. The summed E-state index contributed by atoms with van der Waals surface area (Å²) < 4.78 is 5.31. The van der Waals surface area contributed by atoms with E-state index in [1.54, 1.807) is 0 Å². The van der Waals surface area contributed by atoms with Crippen molar-refractivity contribution >= 4 is 6.09 Å². The van der Waals surface area contributed by atoms with E-state index in [2.05, 4.69) is 17.4 Å². The van der Waals surface area contributed by atoms with Gasteiger partial charge in [0.2, 0.25) is 0 Å².